The number of hydrogen-bond acceptors (Lipinski definition) is 7. The number of nitrogens with one attached hydrogen (secondary N) is 1. The maximum absolute atomic E-state index is 12.5. The Bertz CT molecular complexity index is 1370. The van der Waals surface area contributed by atoms with Crippen molar-refractivity contribution in [2.75, 3.05) is 12.9 Å². The van der Waals surface area contributed by atoms with E-state index in [2.05, 4.69) is 27.3 Å². The number of ether oxygens (including phenoxy) is 1. The molecule has 3 aromatic carbocycles. The zero-order valence-corrected chi connectivity index (χ0v) is 20.5. The summed E-state index contributed by atoms with van der Waals surface area (Å²) in [5, 5.41) is 23.6. The first-order chi connectivity index (χ1) is 17.6. The van der Waals surface area contributed by atoms with Gasteiger partial charge in [-0.3, -0.25) is 9.36 Å². The standard InChI is InChI=1S/C27H25N5O3S/c1-3-8-19-11-7-12-21(25(19)34)17-28-29-24(33)18-36-27-31-30-26(20-9-5-4-6-10-20)32(27)22-13-15-23(35-2)16-14-22/h3-7,9-17,34H,1,8,18H2,2H3,(H,29,33)/b28-17-. The fraction of sp³-hybridized carbons (Fsp3) is 0.111. The minimum absolute atomic E-state index is 0.0723. The van der Waals surface area contributed by atoms with Crippen molar-refractivity contribution < 1.29 is 14.6 Å². The van der Waals surface area contributed by atoms with Crippen LogP contribution < -0.4 is 10.2 Å². The number of nitrogens with zero attached hydrogens (tertiary/aromatic N) is 4. The van der Waals surface area contributed by atoms with Crippen LogP contribution in [0, 0.1) is 0 Å². The molecule has 2 N–H and O–H groups in total. The van der Waals surface area contributed by atoms with E-state index in [-0.39, 0.29) is 17.4 Å². The van der Waals surface area contributed by atoms with Crippen LogP contribution in [0.4, 0.5) is 0 Å². The van der Waals surface area contributed by atoms with Crippen LogP contribution in [-0.2, 0) is 11.2 Å². The lowest BCUT2D eigenvalue weighted by atomic mass is 10.1. The fourth-order valence-electron chi connectivity index (χ4n) is 3.47. The van der Waals surface area contributed by atoms with Crippen LogP contribution in [0.15, 0.2) is 95.7 Å². The van der Waals surface area contributed by atoms with Crippen molar-refractivity contribution in [2.24, 2.45) is 5.10 Å². The summed E-state index contributed by atoms with van der Waals surface area (Å²) in [6.45, 7) is 3.69. The monoisotopic (exact) mass is 499 g/mol. The van der Waals surface area contributed by atoms with Crippen molar-refractivity contribution >= 4 is 23.9 Å². The van der Waals surface area contributed by atoms with Crippen LogP contribution in [0.2, 0.25) is 0 Å². The number of carbonyl (C=O) groups excluding carboxylic acids is 1. The minimum atomic E-state index is -0.316. The zero-order chi connectivity index (χ0) is 25.3. The fourth-order valence-corrected chi connectivity index (χ4v) is 4.22. The van der Waals surface area contributed by atoms with E-state index in [1.165, 1.54) is 18.0 Å². The van der Waals surface area contributed by atoms with Crippen LogP contribution in [0.3, 0.4) is 0 Å². The molecule has 0 unspecified atom stereocenters. The Hall–Kier alpha value is -4.37. The van der Waals surface area contributed by atoms with Crippen LogP contribution in [0.5, 0.6) is 11.5 Å². The van der Waals surface area contributed by atoms with E-state index in [0.717, 1.165) is 22.6 Å². The van der Waals surface area contributed by atoms with Gasteiger partial charge in [-0.1, -0.05) is 60.3 Å². The number of para-hydroxylation sites is 1. The highest BCUT2D eigenvalue weighted by atomic mass is 32.2. The Morgan fingerprint density at radius 1 is 1.11 bits per heavy atom. The van der Waals surface area contributed by atoms with Gasteiger partial charge in [0.15, 0.2) is 11.0 Å². The number of thioether (sulfide) groups is 1. The van der Waals surface area contributed by atoms with Gasteiger partial charge in [-0.25, -0.2) is 5.43 Å². The number of phenols is 1. The maximum Gasteiger partial charge on any atom is 0.250 e. The number of allylic oxidation sites excluding steroid dienone is 1. The maximum atomic E-state index is 12.5. The summed E-state index contributed by atoms with van der Waals surface area (Å²) in [5.74, 6) is 1.27. The van der Waals surface area contributed by atoms with Crippen LogP contribution >= 0.6 is 11.8 Å². The molecular weight excluding hydrogens is 474 g/mol. The van der Waals surface area contributed by atoms with Crippen molar-refractivity contribution in [3.05, 3.63) is 96.6 Å². The Labute approximate surface area is 213 Å². The van der Waals surface area contributed by atoms with Gasteiger partial charge >= 0.3 is 0 Å². The third kappa shape index (κ3) is 5.81. The summed E-state index contributed by atoms with van der Waals surface area (Å²) in [4.78, 5) is 12.5. The average Bonchev–Trinajstić information content (AvgIpc) is 3.34. The molecule has 1 aromatic heterocycles. The van der Waals surface area contributed by atoms with Crippen molar-refractivity contribution in [3.63, 3.8) is 0 Å². The van der Waals surface area contributed by atoms with Crippen molar-refractivity contribution in [1.82, 2.24) is 20.2 Å². The number of aromatic hydroxyl groups is 1. The molecule has 0 aliphatic heterocycles. The van der Waals surface area contributed by atoms with E-state index in [0.29, 0.717) is 23.0 Å². The van der Waals surface area contributed by atoms with Gasteiger partial charge in [0.25, 0.3) is 5.91 Å². The average molecular weight is 500 g/mol. The van der Waals surface area contributed by atoms with Gasteiger partial charge in [-0.2, -0.15) is 5.10 Å². The highest BCUT2D eigenvalue weighted by Gasteiger charge is 2.17. The molecule has 0 atom stereocenters. The van der Waals surface area contributed by atoms with E-state index in [9.17, 15) is 9.90 Å². The van der Waals surface area contributed by atoms with E-state index in [1.54, 1.807) is 19.3 Å². The van der Waals surface area contributed by atoms with Gasteiger partial charge < -0.3 is 9.84 Å². The molecular formula is C27H25N5O3S. The molecule has 4 aromatic rings. The van der Waals surface area contributed by atoms with Gasteiger partial charge in [-0.15, -0.1) is 16.8 Å². The molecule has 8 nitrogen and oxygen atoms in total. The first-order valence-corrected chi connectivity index (χ1v) is 12.1. The van der Waals surface area contributed by atoms with Gasteiger partial charge in [-0.05, 0) is 42.3 Å². The normalized spacial score (nSPS) is 10.9. The highest BCUT2D eigenvalue weighted by Crippen LogP contribution is 2.29. The van der Waals surface area contributed by atoms with Crippen LogP contribution in [0.25, 0.3) is 17.1 Å². The topological polar surface area (TPSA) is 102 Å². The van der Waals surface area contributed by atoms with E-state index in [1.807, 2.05) is 71.3 Å². The summed E-state index contributed by atoms with van der Waals surface area (Å²) in [5.41, 5.74) is 5.49. The predicted octanol–water partition coefficient (Wildman–Crippen LogP) is 4.62. The molecule has 0 saturated heterocycles. The minimum Gasteiger partial charge on any atom is -0.507 e. The number of amides is 1. The molecule has 36 heavy (non-hydrogen) atoms. The lowest BCUT2D eigenvalue weighted by Crippen LogP contribution is -2.20. The number of methoxy groups -OCH3 is 1. The Morgan fingerprint density at radius 2 is 1.89 bits per heavy atom. The number of carbonyl (C=O) groups is 1. The molecule has 0 saturated carbocycles. The van der Waals surface area contributed by atoms with Crippen molar-refractivity contribution in [2.45, 2.75) is 11.6 Å². The number of benzene rings is 3. The lowest BCUT2D eigenvalue weighted by Gasteiger charge is -2.11. The molecule has 0 fully saturated rings. The van der Waals surface area contributed by atoms with Crippen LogP contribution in [-0.4, -0.2) is 44.9 Å². The SMILES string of the molecule is C=CCc1cccc(/C=N\NC(=O)CSc2nnc(-c3ccccc3)n2-c2ccc(OC)cc2)c1O. The van der Waals surface area contributed by atoms with Crippen molar-refractivity contribution in [1.29, 1.82) is 0 Å². The van der Waals surface area contributed by atoms with Crippen LogP contribution in [0.1, 0.15) is 11.1 Å². The summed E-state index contributed by atoms with van der Waals surface area (Å²) in [6, 6.07) is 22.6. The summed E-state index contributed by atoms with van der Waals surface area (Å²) < 4.78 is 7.18. The predicted molar refractivity (Wildman–Crippen MR) is 142 cm³/mol. The lowest BCUT2D eigenvalue weighted by molar-refractivity contribution is -0.118. The first-order valence-electron chi connectivity index (χ1n) is 11.1. The third-order valence-corrected chi connectivity index (χ3v) is 6.17. The Balaban J connectivity index is 1.49. The molecule has 1 heterocycles. The van der Waals surface area contributed by atoms with Gasteiger partial charge in [0.05, 0.1) is 19.1 Å². The molecule has 0 bridgehead atoms. The summed E-state index contributed by atoms with van der Waals surface area (Å²) >= 11 is 1.25. The quantitative estimate of drug-likeness (QED) is 0.143. The van der Waals surface area contributed by atoms with E-state index >= 15 is 0 Å². The molecule has 9 heteroatoms. The molecule has 182 valence electrons. The molecule has 0 spiro atoms. The van der Waals surface area contributed by atoms with Gasteiger partial charge in [0, 0.05) is 16.8 Å². The Morgan fingerprint density at radius 3 is 2.61 bits per heavy atom. The van der Waals surface area contributed by atoms with Crippen molar-refractivity contribution in [3.8, 4) is 28.6 Å². The second-order valence-electron chi connectivity index (χ2n) is 7.64. The van der Waals surface area contributed by atoms with E-state index < -0.39 is 0 Å². The van der Waals surface area contributed by atoms with E-state index in [4.69, 9.17) is 4.74 Å². The zero-order valence-electron chi connectivity index (χ0n) is 19.7. The smallest absolute Gasteiger partial charge is 0.250 e. The number of aromatic nitrogens is 3. The molecule has 0 aliphatic rings. The summed E-state index contributed by atoms with van der Waals surface area (Å²) in [7, 11) is 1.62. The number of hydrazone groups is 1. The number of phenolic OH excluding ortho intramolecular Hbond substituents is 1. The largest absolute Gasteiger partial charge is 0.507 e. The molecule has 1 amide bonds. The second-order valence-corrected chi connectivity index (χ2v) is 8.58. The number of hydrogen-bond donors (Lipinski definition) is 2. The van der Waals surface area contributed by atoms with Gasteiger partial charge in [0.1, 0.15) is 11.5 Å². The molecule has 0 radical (unpaired) electrons. The second kappa shape index (κ2) is 11.9. The number of rotatable bonds is 10. The summed E-state index contributed by atoms with van der Waals surface area (Å²) in [6.07, 6.45) is 3.66. The highest BCUT2D eigenvalue weighted by molar-refractivity contribution is 7.99. The first kappa shape index (κ1) is 24.7. The van der Waals surface area contributed by atoms with Gasteiger partial charge in [0.2, 0.25) is 0 Å². The Kier molecular flexibility index (Phi) is 8.15. The molecule has 0 aliphatic carbocycles. The molecule has 4 rings (SSSR count). The third-order valence-electron chi connectivity index (χ3n) is 5.24.